The average Bonchev–Trinajstić information content (AvgIpc) is 2.98. The van der Waals surface area contributed by atoms with Crippen molar-refractivity contribution >= 4 is 23.5 Å². The molecule has 4 aromatic rings. The molecule has 0 unspecified atom stereocenters. The van der Waals surface area contributed by atoms with E-state index in [0.29, 0.717) is 16.7 Å². The lowest BCUT2D eigenvalue weighted by Crippen LogP contribution is -2.43. The number of ether oxygens (including phenoxy) is 2. The zero-order valence-corrected chi connectivity index (χ0v) is 21.0. The summed E-state index contributed by atoms with van der Waals surface area (Å²) in [5, 5.41) is 37.9. The van der Waals surface area contributed by atoms with E-state index in [9.17, 15) is 30.1 Å². The highest BCUT2D eigenvalue weighted by Crippen LogP contribution is 2.38. The fraction of sp³-hybridized carbons (Fsp3) is 0.0714. The van der Waals surface area contributed by atoms with Gasteiger partial charge in [-0.05, 0) is 41.0 Å². The van der Waals surface area contributed by atoms with Crippen LogP contribution >= 0.6 is 0 Å². The zero-order chi connectivity index (χ0) is 28.7. The largest absolute Gasteiger partial charge is 0.493 e. The molecule has 0 atom stereocenters. The highest BCUT2D eigenvalue weighted by molar-refractivity contribution is 5.91. The lowest BCUT2D eigenvalue weighted by molar-refractivity contribution is -0.394. The molecule has 0 aliphatic carbocycles. The van der Waals surface area contributed by atoms with Gasteiger partial charge in [-0.25, -0.2) is 5.43 Å². The highest BCUT2D eigenvalue weighted by Gasteiger charge is 2.39. The fourth-order valence-electron chi connectivity index (χ4n) is 3.85. The summed E-state index contributed by atoms with van der Waals surface area (Å²) in [5.41, 5.74) is 0.507. The number of methoxy groups -OCH3 is 1. The molecular formula is C28H22N4O8. The number of hydrogen-bond donors (Lipinski definition) is 2. The number of hydrogen-bond acceptors (Lipinski definition) is 9. The number of non-ortho nitro benzene ring substituents is 1. The van der Waals surface area contributed by atoms with Crippen molar-refractivity contribution in [1.29, 1.82) is 0 Å². The van der Waals surface area contributed by atoms with Crippen LogP contribution in [0.4, 0.5) is 11.4 Å². The molecule has 0 saturated heterocycles. The van der Waals surface area contributed by atoms with Gasteiger partial charge in [0.25, 0.3) is 11.6 Å². The van der Waals surface area contributed by atoms with Crippen molar-refractivity contribution in [3.8, 4) is 17.2 Å². The van der Waals surface area contributed by atoms with Gasteiger partial charge in [0.15, 0.2) is 17.1 Å². The van der Waals surface area contributed by atoms with Gasteiger partial charge in [-0.2, -0.15) is 5.10 Å². The van der Waals surface area contributed by atoms with Crippen LogP contribution in [0.1, 0.15) is 16.7 Å². The first-order valence-corrected chi connectivity index (χ1v) is 11.7. The Bertz CT molecular complexity index is 1540. The van der Waals surface area contributed by atoms with Crippen molar-refractivity contribution in [1.82, 2.24) is 5.43 Å². The molecule has 12 heteroatoms. The summed E-state index contributed by atoms with van der Waals surface area (Å²) in [7, 11) is 1.36. The van der Waals surface area contributed by atoms with E-state index in [1.165, 1.54) is 25.5 Å². The topological polar surface area (TPSA) is 166 Å². The fourth-order valence-corrected chi connectivity index (χ4v) is 3.85. The van der Waals surface area contributed by atoms with Gasteiger partial charge < -0.3 is 14.6 Å². The first-order chi connectivity index (χ1) is 19.2. The van der Waals surface area contributed by atoms with Crippen LogP contribution in [0.5, 0.6) is 17.2 Å². The Hall–Kier alpha value is -5.62. The number of rotatable bonds is 10. The van der Waals surface area contributed by atoms with E-state index in [2.05, 4.69) is 10.5 Å². The van der Waals surface area contributed by atoms with Gasteiger partial charge in [0.2, 0.25) is 5.75 Å². The van der Waals surface area contributed by atoms with Gasteiger partial charge >= 0.3 is 5.69 Å². The van der Waals surface area contributed by atoms with Gasteiger partial charge in [-0.3, -0.25) is 25.0 Å². The molecule has 0 fully saturated rings. The quantitative estimate of drug-likeness (QED) is 0.165. The molecule has 0 bridgehead atoms. The second kappa shape index (κ2) is 11.8. The SMILES string of the molecule is COc1cc(/C=N/NC(=O)C(O)(c2ccccc2)c2ccccc2)ccc1Oc1ccc([N+](=O)[O-])cc1[N+](=O)[O-]. The van der Waals surface area contributed by atoms with Crippen LogP contribution in [-0.4, -0.2) is 34.2 Å². The highest BCUT2D eigenvalue weighted by atomic mass is 16.6. The second-order valence-corrected chi connectivity index (χ2v) is 8.32. The average molecular weight is 543 g/mol. The van der Waals surface area contributed by atoms with E-state index in [-0.39, 0.29) is 17.2 Å². The molecule has 1 amide bonds. The number of hydrazone groups is 1. The first-order valence-electron chi connectivity index (χ1n) is 11.7. The molecule has 0 saturated carbocycles. The van der Waals surface area contributed by atoms with Gasteiger partial charge in [0.1, 0.15) is 0 Å². The van der Waals surface area contributed by atoms with E-state index in [0.717, 1.165) is 18.2 Å². The van der Waals surface area contributed by atoms with Gasteiger partial charge in [-0.1, -0.05) is 60.7 Å². The number of nitrogens with one attached hydrogen (secondary N) is 1. The minimum atomic E-state index is -2.01. The van der Waals surface area contributed by atoms with Crippen LogP contribution in [-0.2, 0) is 10.4 Å². The normalized spacial score (nSPS) is 11.2. The predicted molar refractivity (Wildman–Crippen MR) is 144 cm³/mol. The Morgan fingerprint density at radius 2 is 1.45 bits per heavy atom. The van der Waals surface area contributed by atoms with Crippen LogP contribution in [0.2, 0.25) is 0 Å². The standard InChI is InChI=1S/C28H22N4O8/c1-39-26-16-19(12-14-25(26)40-24-15-13-22(31(35)36)17-23(24)32(37)38)18-29-30-27(33)28(34,20-8-4-2-5-9-20)21-10-6-3-7-11-21/h2-18,34H,1H3,(H,30,33)/b29-18+. The molecule has 4 rings (SSSR count). The van der Waals surface area contributed by atoms with Crippen molar-refractivity contribution < 1.29 is 29.2 Å². The minimum Gasteiger partial charge on any atom is -0.493 e. The van der Waals surface area contributed by atoms with Crippen LogP contribution < -0.4 is 14.9 Å². The van der Waals surface area contributed by atoms with E-state index >= 15 is 0 Å². The molecule has 12 nitrogen and oxygen atoms in total. The summed E-state index contributed by atoms with van der Waals surface area (Å²) in [5.74, 6) is -0.724. The van der Waals surface area contributed by atoms with Crippen molar-refractivity contribution in [3.63, 3.8) is 0 Å². The first kappa shape index (κ1) is 27.4. The Kier molecular flexibility index (Phi) is 8.11. The van der Waals surface area contributed by atoms with Crippen molar-refractivity contribution in [2.24, 2.45) is 5.10 Å². The monoisotopic (exact) mass is 542 g/mol. The lowest BCUT2D eigenvalue weighted by atomic mass is 9.85. The number of nitro groups is 2. The number of aliphatic hydroxyl groups is 1. The third kappa shape index (κ3) is 5.76. The lowest BCUT2D eigenvalue weighted by Gasteiger charge is -2.27. The van der Waals surface area contributed by atoms with Gasteiger partial charge in [-0.15, -0.1) is 0 Å². The number of amides is 1. The van der Waals surface area contributed by atoms with Crippen molar-refractivity contribution in [2.75, 3.05) is 7.11 Å². The number of carbonyl (C=O) groups excluding carboxylic acids is 1. The molecule has 0 radical (unpaired) electrons. The smallest absolute Gasteiger partial charge is 0.318 e. The Morgan fingerprint density at radius 1 is 0.850 bits per heavy atom. The second-order valence-electron chi connectivity index (χ2n) is 8.32. The molecule has 40 heavy (non-hydrogen) atoms. The Balaban J connectivity index is 1.55. The molecule has 0 spiro atoms. The number of benzene rings is 4. The van der Waals surface area contributed by atoms with Crippen LogP contribution in [0.25, 0.3) is 0 Å². The molecule has 2 N–H and O–H groups in total. The summed E-state index contributed by atoms with van der Waals surface area (Å²) >= 11 is 0. The summed E-state index contributed by atoms with van der Waals surface area (Å²) in [6.07, 6.45) is 1.31. The molecule has 0 aromatic heterocycles. The number of nitrogens with zero attached hydrogens (tertiary/aromatic N) is 3. The third-order valence-electron chi connectivity index (χ3n) is 5.85. The summed E-state index contributed by atoms with van der Waals surface area (Å²) in [6, 6.07) is 24.4. The predicted octanol–water partition coefficient (Wildman–Crippen LogP) is 4.69. The van der Waals surface area contributed by atoms with Crippen LogP contribution in [0, 0.1) is 20.2 Å². The number of carbonyl (C=O) groups is 1. The maximum Gasteiger partial charge on any atom is 0.318 e. The van der Waals surface area contributed by atoms with Crippen LogP contribution in [0.3, 0.4) is 0 Å². The van der Waals surface area contributed by atoms with Crippen LogP contribution in [0.15, 0.2) is 102 Å². The molecular weight excluding hydrogens is 520 g/mol. The summed E-state index contributed by atoms with van der Waals surface area (Å²) < 4.78 is 11.0. The van der Waals surface area contributed by atoms with Crippen molar-refractivity contribution in [3.05, 3.63) is 134 Å². The Labute approximate surface area is 227 Å². The summed E-state index contributed by atoms with van der Waals surface area (Å²) in [4.78, 5) is 34.0. The van der Waals surface area contributed by atoms with Crippen molar-refractivity contribution in [2.45, 2.75) is 5.60 Å². The summed E-state index contributed by atoms with van der Waals surface area (Å²) in [6.45, 7) is 0. The van der Waals surface area contributed by atoms with Gasteiger partial charge in [0, 0.05) is 6.07 Å². The molecule has 4 aromatic carbocycles. The van der Waals surface area contributed by atoms with E-state index in [1.807, 2.05) is 0 Å². The molecule has 0 aliphatic heterocycles. The minimum absolute atomic E-state index is 0.100. The maximum absolute atomic E-state index is 13.2. The zero-order valence-electron chi connectivity index (χ0n) is 21.0. The molecule has 202 valence electrons. The van der Waals surface area contributed by atoms with E-state index in [4.69, 9.17) is 9.47 Å². The Morgan fingerprint density at radius 3 is 2.00 bits per heavy atom. The third-order valence-corrected chi connectivity index (χ3v) is 5.85. The van der Waals surface area contributed by atoms with Gasteiger partial charge in [0.05, 0.1) is 29.2 Å². The van der Waals surface area contributed by atoms with E-state index < -0.39 is 32.7 Å². The molecule has 0 aliphatic rings. The molecule has 0 heterocycles. The maximum atomic E-state index is 13.2. The number of nitro benzene ring substituents is 2. The van der Waals surface area contributed by atoms with E-state index in [1.54, 1.807) is 66.7 Å².